The quantitative estimate of drug-likeness (QED) is 0.166. The molecular weight excluding hydrogens is 517 g/mol. The number of likely N-dealkylation sites (tertiary alicyclic amines) is 1. The standard InChI is InChI=1S/C22H36F2N4O2.HI/c1-3-25-22(26-13-5-7-15-28-14-6-4-8-17(28)2)27-16-20(29)18-9-11-19(12-10-18)30-21(23)24;/h9-12,17,20-21,29H,3-8,13-16H2,1-2H3,(H2,25,26,27);1H. The van der Waals surface area contributed by atoms with Gasteiger partial charge in [-0.1, -0.05) is 18.6 Å². The lowest BCUT2D eigenvalue weighted by Crippen LogP contribution is -2.39. The molecule has 0 bridgehead atoms. The van der Waals surface area contributed by atoms with Crippen LogP contribution in [0.3, 0.4) is 0 Å². The van der Waals surface area contributed by atoms with E-state index in [0.29, 0.717) is 17.6 Å². The van der Waals surface area contributed by atoms with Crippen molar-refractivity contribution in [2.24, 2.45) is 4.99 Å². The fourth-order valence-electron chi connectivity index (χ4n) is 3.63. The summed E-state index contributed by atoms with van der Waals surface area (Å²) >= 11 is 0. The molecule has 9 heteroatoms. The second-order valence-electron chi connectivity index (χ2n) is 7.70. The molecule has 0 saturated carbocycles. The normalized spacial score (nSPS) is 18.4. The number of unbranched alkanes of at least 4 members (excludes halogenated alkanes) is 1. The Balaban J connectivity index is 0.00000480. The van der Waals surface area contributed by atoms with Gasteiger partial charge in [-0.05, 0) is 70.3 Å². The van der Waals surface area contributed by atoms with Crippen LogP contribution in [0.5, 0.6) is 5.75 Å². The minimum Gasteiger partial charge on any atom is -0.435 e. The molecule has 0 aromatic heterocycles. The topological polar surface area (TPSA) is 69.1 Å². The number of guanidine groups is 1. The van der Waals surface area contributed by atoms with Gasteiger partial charge >= 0.3 is 6.61 Å². The molecule has 6 nitrogen and oxygen atoms in total. The Morgan fingerprint density at radius 3 is 2.61 bits per heavy atom. The van der Waals surface area contributed by atoms with Crippen LogP contribution in [0.1, 0.15) is 57.6 Å². The maximum absolute atomic E-state index is 12.2. The Morgan fingerprint density at radius 2 is 1.97 bits per heavy atom. The first kappa shape index (κ1) is 27.8. The summed E-state index contributed by atoms with van der Waals surface area (Å²) in [4.78, 5) is 7.02. The molecule has 1 saturated heterocycles. The average Bonchev–Trinajstić information content (AvgIpc) is 2.72. The molecule has 1 aromatic carbocycles. The third kappa shape index (κ3) is 10.8. The van der Waals surface area contributed by atoms with Crippen molar-refractivity contribution in [3.05, 3.63) is 29.8 Å². The Morgan fingerprint density at radius 1 is 1.23 bits per heavy atom. The second-order valence-corrected chi connectivity index (χ2v) is 7.70. The van der Waals surface area contributed by atoms with Gasteiger partial charge in [0.1, 0.15) is 5.75 Å². The molecule has 0 spiro atoms. The van der Waals surface area contributed by atoms with Crippen molar-refractivity contribution < 1.29 is 18.6 Å². The molecule has 31 heavy (non-hydrogen) atoms. The zero-order valence-corrected chi connectivity index (χ0v) is 20.9. The molecule has 1 aromatic rings. The highest BCUT2D eigenvalue weighted by Crippen LogP contribution is 2.19. The van der Waals surface area contributed by atoms with Gasteiger partial charge in [0.15, 0.2) is 5.96 Å². The van der Waals surface area contributed by atoms with E-state index >= 15 is 0 Å². The van der Waals surface area contributed by atoms with Gasteiger partial charge in [-0.25, -0.2) is 0 Å². The summed E-state index contributed by atoms with van der Waals surface area (Å²) in [6, 6.07) is 6.67. The van der Waals surface area contributed by atoms with Crippen molar-refractivity contribution in [2.75, 3.05) is 32.7 Å². The highest BCUT2D eigenvalue weighted by molar-refractivity contribution is 14.0. The smallest absolute Gasteiger partial charge is 0.387 e. The third-order valence-corrected chi connectivity index (χ3v) is 5.36. The van der Waals surface area contributed by atoms with E-state index < -0.39 is 12.7 Å². The summed E-state index contributed by atoms with van der Waals surface area (Å²) in [5.41, 5.74) is 0.604. The minimum absolute atomic E-state index is 0. The number of aliphatic hydroxyl groups is 1. The first-order valence-corrected chi connectivity index (χ1v) is 11.0. The average molecular weight is 554 g/mol. The zero-order valence-electron chi connectivity index (χ0n) is 18.5. The Hall–Kier alpha value is -1.20. The number of aliphatic imine (C=N–C) groups is 1. The molecule has 3 N–H and O–H groups in total. The van der Waals surface area contributed by atoms with Crippen LogP contribution in [-0.4, -0.2) is 61.3 Å². The number of benzene rings is 1. The first-order chi connectivity index (χ1) is 14.5. The number of aliphatic hydroxyl groups excluding tert-OH is 1. The zero-order chi connectivity index (χ0) is 21.8. The summed E-state index contributed by atoms with van der Waals surface area (Å²) in [6.07, 6.45) is 5.35. The third-order valence-electron chi connectivity index (χ3n) is 5.36. The molecule has 1 aliphatic rings. The summed E-state index contributed by atoms with van der Waals surface area (Å²) in [5.74, 6) is 0.735. The van der Waals surface area contributed by atoms with E-state index in [2.05, 4.69) is 32.2 Å². The second kappa shape index (κ2) is 15.6. The van der Waals surface area contributed by atoms with Crippen LogP contribution in [0.4, 0.5) is 8.78 Å². The molecule has 1 aliphatic heterocycles. The number of hydrogen-bond donors (Lipinski definition) is 3. The van der Waals surface area contributed by atoms with E-state index in [1.165, 1.54) is 37.9 Å². The predicted molar refractivity (Wildman–Crippen MR) is 132 cm³/mol. The summed E-state index contributed by atoms with van der Waals surface area (Å²) in [6.45, 7) is 5.53. The molecule has 0 aliphatic carbocycles. The first-order valence-electron chi connectivity index (χ1n) is 11.0. The predicted octanol–water partition coefficient (Wildman–Crippen LogP) is 4.15. The van der Waals surface area contributed by atoms with Crippen LogP contribution in [-0.2, 0) is 0 Å². The summed E-state index contributed by atoms with van der Waals surface area (Å²) in [7, 11) is 0. The van der Waals surface area contributed by atoms with Gasteiger partial charge < -0.3 is 25.4 Å². The Labute approximate surface area is 201 Å². The number of hydrogen-bond acceptors (Lipinski definition) is 4. The Kier molecular flexibility index (Phi) is 14.0. The molecule has 0 amide bonds. The molecular formula is C22H37F2IN4O2. The molecule has 2 unspecified atom stereocenters. The molecule has 0 radical (unpaired) electrons. The van der Waals surface area contributed by atoms with Gasteiger partial charge in [0, 0.05) is 19.1 Å². The SMILES string of the molecule is CCNC(=NCC(O)c1ccc(OC(F)F)cc1)NCCCCN1CCCCC1C.I. The van der Waals surface area contributed by atoms with Crippen molar-refractivity contribution in [3.8, 4) is 5.75 Å². The molecule has 178 valence electrons. The summed E-state index contributed by atoms with van der Waals surface area (Å²) in [5, 5.41) is 16.8. The number of halogens is 3. The minimum atomic E-state index is -2.86. The maximum atomic E-state index is 12.2. The van der Waals surface area contributed by atoms with Gasteiger partial charge in [0.05, 0.1) is 12.6 Å². The van der Waals surface area contributed by atoms with Crippen LogP contribution in [0, 0.1) is 0 Å². The van der Waals surface area contributed by atoms with E-state index in [4.69, 9.17) is 0 Å². The van der Waals surface area contributed by atoms with Gasteiger partial charge in [0.2, 0.25) is 0 Å². The number of ether oxygens (including phenoxy) is 1. The van der Waals surface area contributed by atoms with Gasteiger partial charge in [-0.2, -0.15) is 8.78 Å². The number of nitrogens with one attached hydrogen (secondary N) is 2. The van der Waals surface area contributed by atoms with E-state index in [0.717, 1.165) is 32.5 Å². The molecule has 1 heterocycles. The van der Waals surface area contributed by atoms with Crippen molar-refractivity contribution in [3.63, 3.8) is 0 Å². The fourth-order valence-corrected chi connectivity index (χ4v) is 3.63. The van der Waals surface area contributed by atoms with Gasteiger partial charge in [0.25, 0.3) is 0 Å². The lowest BCUT2D eigenvalue weighted by molar-refractivity contribution is -0.0498. The van der Waals surface area contributed by atoms with Gasteiger partial charge in [-0.3, -0.25) is 4.99 Å². The largest absolute Gasteiger partial charge is 0.435 e. The van der Waals surface area contributed by atoms with Gasteiger partial charge in [-0.15, -0.1) is 24.0 Å². The highest BCUT2D eigenvalue weighted by atomic mass is 127. The van der Waals surface area contributed by atoms with Crippen LogP contribution in [0.2, 0.25) is 0 Å². The van der Waals surface area contributed by atoms with Crippen LogP contribution in [0.25, 0.3) is 0 Å². The monoisotopic (exact) mass is 554 g/mol. The number of piperidine rings is 1. The van der Waals surface area contributed by atoms with Crippen molar-refractivity contribution in [2.45, 2.75) is 64.7 Å². The van der Waals surface area contributed by atoms with Crippen LogP contribution < -0.4 is 15.4 Å². The van der Waals surface area contributed by atoms with Crippen LogP contribution in [0.15, 0.2) is 29.3 Å². The van der Waals surface area contributed by atoms with E-state index in [-0.39, 0.29) is 36.3 Å². The lowest BCUT2D eigenvalue weighted by Gasteiger charge is -2.33. The molecule has 2 rings (SSSR count). The fraction of sp³-hybridized carbons (Fsp3) is 0.682. The Bertz CT molecular complexity index is 634. The van der Waals surface area contributed by atoms with E-state index in [1.54, 1.807) is 12.1 Å². The highest BCUT2D eigenvalue weighted by Gasteiger charge is 2.17. The molecule has 2 atom stereocenters. The number of nitrogens with zero attached hydrogens (tertiary/aromatic N) is 2. The number of rotatable bonds is 11. The van der Waals surface area contributed by atoms with E-state index in [9.17, 15) is 13.9 Å². The van der Waals surface area contributed by atoms with Crippen molar-refractivity contribution in [1.29, 1.82) is 0 Å². The molecule has 1 fully saturated rings. The number of alkyl halides is 2. The summed E-state index contributed by atoms with van der Waals surface area (Å²) < 4.78 is 28.8. The lowest BCUT2D eigenvalue weighted by atomic mass is 10.0. The maximum Gasteiger partial charge on any atom is 0.387 e. The van der Waals surface area contributed by atoms with Crippen molar-refractivity contribution in [1.82, 2.24) is 15.5 Å². The van der Waals surface area contributed by atoms with E-state index in [1.807, 2.05) is 6.92 Å². The van der Waals surface area contributed by atoms with Crippen LogP contribution >= 0.6 is 24.0 Å². The van der Waals surface area contributed by atoms with Crippen molar-refractivity contribution >= 4 is 29.9 Å².